The predicted molar refractivity (Wildman–Crippen MR) is 292 cm³/mol. The summed E-state index contributed by atoms with van der Waals surface area (Å²) in [4.78, 5) is 18.9. The summed E-state index contributed by atoms with van der Waals surface area (Å²) >= 11 is 3.58. The zero-order valence-corrected chi connectivity index (χ0v) is 39.8. The SMILES string of the molecule is CC1(C)c2cc(-c3ccc(-c4nc(-c5ccc(Br)cc5)nc(-c5ccc6c(c5)oc5ccccc56)n4)cc3)ccc2-c2ccc(-c3cccc(-c4cccc5c4[nH]c4c6ccccc6ccc54)c3)cc21. The second-order valence-electron chi connectivity index (χ2n) is 19.0. The molecule has 3 aromatic heterocycles. The summed E-state index contributed by atoms with van der Waals surface area (Å²) in [5.41, 5.74) is 18.9. The van der Waals surface area contributed by atoms with Crippen LogP contribution in [-0.4, -0.2) is 19.9 Å². The smallest absolute Gasteiger partial charge is 0.164 e. The van der Waals surface area contributed by atoms with Crippen LogP contribution in [0.3, 0.4) is 0 Å². The van der Waals surface area contributed by atoms with Crippen LogP contribution in [0.2, 0.25) is 0 Å². The Bertz CT molecular complexity index is 4280. The molecule has 70 heavy (non-hydrogen) atoms. The van der Waals surface area contributed by atoms with Crippen LogP contribution in [0.1, 0.15) is 25.0 Å². The van der Waals surface area contributed by atoms with Gasteiger partial charge in [0.2, 0.25) is 0 Å². The van der Waals surface area contributed by atoms with E-state index in [-0.39, 0.29) is 5.41 Å². The highest BCUT2D eigenvalue weighted by atomic mass is 79.9. The Kier molecular flexibility index (Phi) is 9.01. The van der Waals surface area contributed by atoms with Gasteiger partial charge in [-0.05, 0) is 104 Å². The number of hydrogen-bond acceptors (Lipinski definition) is 4. The van der Waals surface area contributed by atoms with Gasteiger partial charge in [0, 0.05) is 59.1 Å². The van der Waals surface area contributed by atoms with E-state index in [1.165, 1.54) is 82.6 Å². The number of rotatable bonds is 6. The van der Waals surface area contributed by atoms with E-state index in [9.17, 15) is 0 Å². The highest BCUT2D eigenvalue weighted by Gasteiger charge is 2.36. The number of halogens is 1. The molecule has 1 N–H and O–H groups in total. The first-order valence-electron chi connectivity index (χ1n) is 23.7. The highest BCUT2D eigenvalue weighted by molar-refractivity contribution is 9.10. The van der Waals surface area contributed by atoms with Gasteiger partial charge in [0.25, 0.3) is 0 Å². The first-order chi connectivity index (χ1) is 34.3. The maximum Gasteiger partial charge on any atom is 0.164 e. The van der Waals surface area contributed by atoms with Crippen LogP contribution >= 0.6 is 15.9 Å². The van der Waals surface area contributed by atoms with E-state index in [0.717, 1.165) is 48.7 Å². The minimum absolute atomic E-state index is 0.205. The molecule has 6 heteroatoms. The van der Waals surface area contributed by atoms with Crippen molar-refractivity contribution in [2.75, 3.05) is 0 Å². The number of aromatic amines is 1. The van der Waals surface area contributed by atoms with Crippen molar-refractivity contribution < 1.29 is 4.42 Å². The van der Waals surface area contributed by atoms with Gasteiger partial charge in [-0.3, -0.25) is 0 Å². The van der Waals surface area contributed by atoms with Gasteiger partial charge < -0.3 is 9.40 Å². The molecule has 0 saturated carbocycles. The van der Waals surface area contributed by atoms with Gasteiger partial charge in [-0.15, -0.1) is 0 Å². The number of nitrogens with zero attached hydrogens (tertiary/aromatic N) is 3. The third-order valence-electron chi connectivity index (χ3n) is 14.6. The van der Waals surface area contributed by atoms with Gasteiger partial charge in [-0.2, -0.15) is 0 Å². The van der Waals surface area contributed by atoms with Crippen molar-refractivity contribution in [2.24, 2.45) is 0 Å². The molecule has 10 aromatic carbocycles. The molecule has 13 aromatic rings. The standard InChI is InChI=1S/C64H41BrN4O/c1-64(2)55-34-42(37-17-19-39(20-18-37)61-67-62(40-21-27-46(65)28-22-40)69-63(68-61)45-26-31-52-51-13-5-6-16-57(51)70-58(52)36-45)24-29-49(55)50-30-25-43(35-56(50)64)41-10-7-11-44(33-41)48-14-8-15-53-54-32-23-38-9-3-4-12-47(38)59(54)66-60(48)53/h3-36,66H,1-2H3. The fourth-order valence-corrected chi connectivity index (χ4v) is 11.2. The van der Waals surface area contributed by atoms with E-state index >= 15 is 0 Å². The van der Waals surface area contributed by atoms with Crippen LogP contribution in [0, 0.1) is 0 Å². The van der Waals surface area contributed by atoms with E-state index in [1.807, 2.05) is 48.5 Å². The zero-order chi connectivity index (χ0) is 46.7. The maximum absolute atomic E-state index is 6.26. The molecule has 0 fully saturated rings. The summed E-state index contributed by atoms with van der Waals surface area (Å²) in [7, 11) is 0. The van der Waals surface area contributed by atoms with E-state index in [2.05, 4.69) is 192 Å². The van der Waals surface area contributed by atoms with Crippen LogP contribution in [0.15, 0.2) is 215 Å². The average molecular weight is 962 g/mol. The van der Waals surface area contributed by atoms with E-state index < -0.39 is 0 Å². The predicted octanol–water partition coefficient (Wildman–Crippen LogP) is 17.6. The number of fused-ring (bicyclic) bond motifs is 11. The van der Waals surface area contributed by atoms with Crippen LogP contribution in [-0.2, 0) is 5.41 Å². The second-order valence-corrected chi connectivity index (χ2v) is 19.9. The monoisotopic (exact) mass is 960 g/mol. The Morgan fingerprint density at radius 3 is 1.66 bits per heavy atom. The molecular formula is C64H41BrN4O. The van der Waals surface area contributed by atoms with Gasteiger partial charge in [0.15, 0.2) is 17.5 Å². The third-order valence-corrected chi connectivity index (χ3v) is 15.1. The zero-order valence-electron chi connectivity index (χ0n) is 38.3. The van der Waals surface area contributed by atoms with Crippen molar-refractivity contribution >= 4 is 70.4 Å². The number of aromatic nitrogens is 4. The Balaban J connectivity index is 0.779. The third kappa shape index (κ3) is 6.48. The largest absolute Gasteiger partial charge is 0.456 e. The van der Waals surface area contributed by atoms with Crippen molar-refractivity contribution in [3.63, 3.8) is 0 Å². The number of H-pyrrole nitrogens is 1. The summed E-state index contributed by atoms with van der Waals surface area (Å²) in [6, 6.07) is 73.7. The lowest BCUT2D eigenvalue weighted by Crippen LogP contribution is -2.15. The molecule has 5 nitrogen and oxygen atoms in total. The lowest BCUT2D eigenvalue weighted by Gasteiger charge is -2.23. The van der Waals surface area contributed by atoms with Crippen molar-refractivity contribution in [3.8, 4) is 78.7 Å². The van der Waals surface area contributed by atoms with Crippen molar-refractivity contribution in [1.29, 1.82) is 0 Å². The minimum atomic E-state index is -0.205. The number of nitrogens with one attached hydrogen (secondary N) is 1. The fourth-order valence-electron chi connectivity index (χ4n) is 10.9. The second kappa shape index (κ2) is 15.5. The summed E-state index contributed by atoms with van der Waals surface area (Å²) in [6.45, 7) is 4.72. The highest BCUT2D eigenvalue weighted by Crippen LogP contribution is 2.51. The quantitative estimate of drug-likeness (QED) is 0.180. The van der Waals surface area contributed by atoms with Gasteiger partial charge in [0.05, 0.1) is 11.0 Å². The number of benzene rings is 10. The fraction of sp³-hybridized carbons (Fsp3) is 0.0469. The molecule has 0 bridgehead atoms. The Hall–Kier alpha value is -8.45. The van der Waals surface area contributed by atoms with Crippen LogP contribution in [0.5, 0.6) is 0 Å². The topological polar surface area (TPSA) is 67.6 Å². The molecule has 330 valence electrons. The van der Waals surface area contributed by atoms with E-state index in [1.54, 1.807) is 0 Å². The van der Waals surface area contributed by atoms with Crippen molar-refractivity contribution in [1.82, 2.24) is 19.9 Å². The summed E-state index contributed by atoms with van der Waals surface area (Å²) in [5.74, 6) is 1.80. The molecule has 1 aliphatic carbocycles. The molecule has 0 unspecified atom stereocenters. The van der Waals surface area contributed by atoms with Crippen molar-refractivity contribution in [2.45, 2.75) is 19.3 Å². The Labute approximate surface area is 412 Å². The summed E-state index contributed by atoms with van der Waals surface area (Å²) < 4.78 is 7.26. The molecule has 0 radical (unpaired) electrons. The molecular weight excluding hydrogens is 921 g/mol. The molecule has 14 rings (SSSR count). The molecule has 3 heterocycles. The van der Waals surface area contributed by atoms with Gasteiger partial charge in [-0.1, -0.05) is 188 Å². The van der Waals surface area contributed by atoms with Crippen LogP contribution in [0.25, 0.3) is 133 Å². The molecule has 0 aliphatic heterocycles. The molecule has 0 atom stereocenters. The van der Waals surface area contributed by atoms with Gasteiger partial charge in [0.1, 0.15) is 11.2 Å². The molecule has 0 spiro atoms. The first-order valence-corrected chi connectivity index (χ1v) is 24.5. The van der Waals surface area contributed by atoms with Crippen LogP contribution in [0.4, 0.5) is 0 Å². The normalized spacial score (nSPS) is 12.9. The van der Waals surface area contributed by atoms with Crippen LogP contribution < -0.4 is 0 Å². The molecule has 1 aliphatic rings. The molecule has 0 amide bonds. The number of hydrogen-bond donors (Lipinski definition) is 1. The Morgan fingerprint density at radius 1 is 0.371 bits per heavy atom. The van der Waals surface area contributed by atoms with Gasteiger partial charge in [-0.25, -0.2) is 15.0 Å². The Morgan fingerprint density at radius 2 is 0.900 bits per heavy atom. The lowest BCUT2D eigenvalue weighted by molar-refractivity contribution is 0.661. The lowest BCUT2D eigenvalue weighted by atomic mass is 9.80. The summed E-state index contributed by atoms with van der Waals surface area (Å²) in [6.07, 6.45) is 0. The summed E-state index contributed by atoms with van der Waals surface area (Å²) in [5, 5.41) is 7.13. The first kappa shape index (κ1) is 40.6. The minimum Gasteiger partial charge on any atom is -0.456 e. The van der Waals surface area contributed by atoms with E-state index in [4.69, 9.17) is 19.4 Å². The van der Waals surface area contributed by atoms with Gasteiger partial charge >= 0.3 is 0 Å². The van der Waals surface area contributed by atoms with Crippen molar-refractivity contribution in [3.05, 3.63) is 222 Å². The number of furan rings is 1. The average Bonchev–Trinajstić information content (AvgIpc) is 4.06. The maximum atomic E-state index is 6.26. The van der Waals surface area contributed by atoms with E-state index in [0.29, 0.717) is 17.5 Å². The number of para-hydroxylation sites is 2. The molecule has 0 saturated heterocycles.